The number of rotatable bonds is 16. The molecule has 44 heavy (non-hydrogen) atoms. The molecule has 8 heteroatoms. The first-order chi connectivity index (χ1) is 20.3. The number of benzene rings is 1. The molecule has 0 spiro atoms. The molecule has 1 aromatic heterocycles. The smallest absolute Gasteiger partial charge is 0.305 e. The Hall–Kier alpha value is -1.85. The zero-order valence-electron chi connectivity index (χ0n) is 29.8. The summed E-state index contributed by atoms with van der Waals surface area (Å²) in [5.41, 5.74) is 1.72. The second-order valence-corrected chi connectivity index (χ2v) is 24.8. The van der Waals surface area contributed by atoms with E-state index in [9.17, 15) is 9.90 Å². The summed E-state index contributed by atoms with van der Waals surface area (Å²) < 4.78 is 19.2. The molecule has 0 saturated carbocycles. The van der Waals surface area contributed by atoms with E-state index in [1.807, 2.05) is 18.3 Å². The van der Waals surface area contributed by atoms with Crippen LogP contribution in [-0.2, 0) is 18.4 Å². The van der Waals surface area contributed by atoms with E-state index in [1.165, 1.54) is 7.11 Å². The number of hydrogen-bond donors (Lipinski definition) is 1. The Kier molecular flexibility index (Phi) is 14.0. The molecular weight excluding hydrogens is 583 g/mol. The number of pyridine rings is 1. The van der Waals surface area contributed by atoms with Crippen LogP contribution in [0.4, 0.5) is 0 Å². The molecule has 1 N–H and O–H groups in total. The van der Waals surface area contributed by atoms with Crippen molar-refractivity contribution in [1.29, 1.82) is 0 Å². The Morgan fingerprint density at radius 3 is 2.07 bits per heavy atom. The molecule has 0 aliphatic heterocycles. The van der Waals surface area contributed by atoms with Crippen LogP contribution in [0.1, 0.15) is 111 Å². The molecule has 0 saturated heterocycles. The molecule has 0 aliphatic carbocycles. The number of unbranched alkanes of at least 4 members (excludes halogenated alkanes) is 2. The van der Waals surface area contributed by atoms with Crippen LogP contribution in [0.2, 0.25) is 36.3 Å². The van der Waals surface area contributed by atoms with Gasteiger partial charge in [-0.15, -0.1) is 0 Å². The van der Waals surface area contributed by atoms with Crippen LogP contribution < -0.4 is 0 Å². The van der Waals surface area contributed by atoms with Crippen molar-refractivity contribution in [2.24, 2.45) is 0 Å². The number of aliphatic hydroxyl groups is 1. The number of methoxy groups -OCH3 is 1. The van der Waals surface area contributed by atoms with Crippen LogP contribution in [-0.4, -0.2) is 52.0 Å². The van der Waals surface area contributed by atoms with Gasteiger partial charge in [-0.3, -0.25) is 9.78 Å². The van der Waals surface area contributed by atoms with Gasteiger partial charge in [-0.05, 0) is 60.9 Å². The Morgan fingerprint density at radius 2 is 1.50 bits per heavy atom. The number of aliphatic hydroxyl groups excluding tert-OH is 1. The van der Waals surface area contributed by atoms with Crippen molar-refractivity contribution in [3.63, 3.8) is 0 Å². The van der Waals surface area contributed by atoms with Crippen LogP contribution in [0.3, 0.4) is 0 Å². The van der Waals surface area contributed by atoms with Gasteiger partial charge in [-0.1, -0.05) is 104 Å². The number of hydrogen-bond acceptors (Lipinski definition) is 6. The van der Waals surface area contributed by atoms with Crippen molar-refractivity contribution >= 4 is 39.5 Å². The van der Waals surface area contributed by atoms with E-state index in [1.54, 1.807) is 0 Å². The predicted octanol–water partition coefficient (Wildman–Crippen LogP) is 9.99. The molecule has 2 rings (SSSR count). The van der Waals surface area contributed by atoms with Crippen LogP contribution in [0.5, 0.6) is 0 Å². The van der Waals surface area contributed by atoms with E-state index in [2.05, 4.69) is 98.9 Å². The summed E-state index contributed by atoms with van der Waals surface area (Å²) in [6.07, 6.45) is 10.6. The van der Waals surface area contributed by atoms with Crippen molar-refractivity contribution in [1.82, 2.24) is 4.98 Å². The van der Waals surface area contributed by atoms with E-state index in [0.29, 0.717) is 25.7 Å². The normalized spacial score (nSPS) is 15.5. The molecular formula is C36H61NO5Si2. The molecule has 2 aromatic rings. The number of fused-ring (bicyclic) bond motifs is 1. The number of nitrogens with zero attached hydrogens (tertiary/aromatic N) is 1. The second-order valence-electron chi connectivity index (χ2n) is 15.2. The van der Waals surface area contributed by atoms with Gasteiger partial charge in [0.25, 0.3) is 0 Å². The van der Waals surface area contributed by atoms with Gasteiger partial charge >= 0.3 is 5.97 Å². The Balaban J connectivity index is 2.59. The highest BCUT2D eigenvalue weighted by molar-refractivity contribution is 6.74. The highest BCUT2D eigenvalue weighted by atomic mass is 28.4. The van der Waals surface area contributed by atoms with Crippen LogP contribution >= 0.6 is 0 Å². The van der Waals surface area contributed by atoms with Gasteiger partial charge < -0.3 is 18.7 Å². The van der Waals surface area contributed by atoms with Crippen molar-refractivity contribution in [3.05, 3.63) is 47.8 Å². The maximum absolute atomic E-state index is 12.0. The number of aromatic nitrogens is 1. The summed E-state index contributed by atoms with van der Waals surface area (Å²) in [6, 6.07) is 8.20. The molecule has 248 valence electrons. The minimum absolute atomic E-state index is 0.0104. The fourth-order valence-electron chi connectivity index (χ4n) is 4.71. The average Bonchev–Trinajstić information content (AvgIpc) is 2.93. The predicted molar refractivity (Wildman–Crippen MR) is 190 cm³/mol. The molecule has 1 heterocycles. The quantitative estimate of drug-likeness (QED) is 0.111. The van der Waals surface area contributed by atoms with E-state index >= 15 is 0 Å². The fourth-order valence-corrected chi connectivity index (χ4v) is 7.34. The lowest BCUT2D eigenvalue weighted by molar-refractivity contribution is -0.140. The largest absolute Gasteiger partial charge is 0.469 e. The number of carbonyl (C=O) groups is 1. The number of carbonyl (C=O) groups excluding carboxylic acids is 1. The van der Waals surface area contributed by atoms with Gasteiger partial charge in [0.15, 0.2) is 16.6 Å². The molecule has 0 aliphatic rings. The molecule has 0 bridgehead atoms. The summed E-state index contributed by atoms with van der Waals surface area (Å²) in [6.45, 7) is 24.8. The Bertz CT molecular complexity index is 1230. The van der Waals surface area contributed by atoms with E-state index in [0.717, 1.165) is 41.3 Å². The standard InChI is InChI=1S/C36H61NO5Si2/c1-13-14-15-21-30(38)34-29-20-17-16-19-28(29)27(26-37-34)24-25-32(42-44(11,12)36(5,6)7)31(22-18-23-33(39)40-8)41-43(9,10)35(2,3)4/h16-17,19-20,24-26,30-32,38H,13-15,18,21-23H2,1-12H3/b25-24+/t30-,31+,32-/m1/s1. The molecule has 0 amide bonds. The number of ether oxygens (including phenoxy) is 1. The summed E-state index contributed by atoms with van der Waals surface area (Å²) in [5.74, 6) is -0.206. The zero-order valence-corrected chi connectivity index (χ0v) is 31.8. The SMILES string of the molecule is CCCCC[C@@H](O)c1ncc(/C=C/[C@@H](O[Si](C)(C)C(C)(C)C)[C@H](CCCC(=O)OC)O[Si](C)(C)C(C)(C)C)c2ccccc12. The third-order valence-electron chi connectivity index (χ3n) is 9.67. The Morgan fingerprint density at radius 1 is 0.909 bits per heavy atom. The van der Waals surface area contributed by atoms with Gasteiger partial charge in [0.2, 0.25) is 0 Å². The monoisotopic (exact) mass is 643 g/mol. The van der Waals surface area contributed by atoms with Crippen LogP contribution in [0.25, 0.3) is 16.8 Å². The molecule has 1 aromatic carbocycles. The Labute approximate surface area is 270 Å². The van der Waals surface area contributed by atoms with Gasteiger partial charge in [-0.25, -0.2) is 0 Å². The van der Waals surface area contributed by atoms with Gasteiger partial charge in [-0.2, -0.15) is 0 Å². The number of esters is 1. The average molecular weight is 644 g/mol. The highest BCUT2D eigenvalue weighted by Gasteiger charge is 2.44. The molecule has 3 atom stereocenters. The zero-order chi connectivity index (χ0) is 33.3. The maximum Gasteiger partial charge on any atom is 0.305 e. The van der Waals surface area contributed by atoms with Crippen LogP contribution in [0, 0.1) is 0 Å². The molecule has 0 unspecified atom stereocenters. The summed E-state index contributed by atoms with van der Waals surface area (Å²) in [7, 11) is -2.95. The van der Waals surface area contributed by atoms with Gasteiger partial charge in [0.1, 0.15) is 0 Å². The first-order valence-electron chi connectivity index (χ1n) is 16.5. The van der Waals surface area contributed by atoms with Gasteiger partial charge in [0.05, 0.1) is 31.1 Å². The van der Waals surface area contributed by atoms with Crippen molar-refractivity contribution in [3.8, 4) is 0 Å². The van der Waals surface area contributed by atoms with Crippen molar-refractivity contribution < 1.29 is 23.5 Å². The van der Waals surface area contributed by atoms with Crippen LogP contribution in [0.15, 0.2) is 36.5 Å². The van der Waals surface area contributed by atoms with Crippen molar-refractivity contribution in [2.45, 2.75) is 148 Å². The minimum Gasteiger partial charge on any atom is -0.469 e. The molecule has 0 fully saturated rings. The summed E-state index contributed by atoms with van der Waals surface area (Å²) in [5, 5.41) is 13.1. The molecule has 6 nitrogen and oxygen atoms in total. The first-order valence-corrected chi connectivity index (χ1v) is 22.3. The first kappa shape index (κ1) is 38.3. The highest BCUT2D eigenvalue weighted by Crippen LogP contribution is 2.41. The van der Waals surface area contributed by atoms with Crippen molar-refractivity contribution in [2.75, 3.05) is 7.11 Å². The maximum atomic E-state index is 12.0. The minimum atomic E-state index is -2.21. The van der Waals surface area contributed by atoms with Gasteiger partial charge in [0, 0.05) is 23.6 Å². The topological polar surface area (TPSA) is 77.9 Å². The third kappa shape index (κ3) is 10.6. The van der Waals surface area contributed by atoms with E-state index in [4.69, 9.17) is 18.6 Å². The fraction of sp³-hybridized carbons (Fsp3) is 0.667. The lowest BCUT2D eigenvalue weighted by atomic mass is 9.99. The van der Waals surface area contributed by atoms with E-state index < -0.39 is 22.7 Å². The summed E-state index contributed by atoms with van der Waals surface area (Å²) in [4.78, 5) is 16.8. The second kappa shape index (κ2) is 16.1. The van der Waals surface area contributed by atoms with E-state index in [-0.39, 0.29) is 28.3 Å². The summed E-state index contributed by atoms with van der Waals surface area (Å²) >= 11 is 0. The molecule has 0 radical (unpaired) electrons. The lowest BCUT2D eigenvalue weighted by Gasteiger charge is -2.44. The lowest BCUT2D eigenvalue weighted by Crippen LogP contribution is -2.51. The third-order valence-corrected chi connectivity index (χ3v) is 18.6.